The number of amides is 3. The Morgan fingerprint density at radius 3 is 2.04 bits per heavy atom. The lowest BCUT2D eigenvalue weighted by molar-refractivity contribution is -0.143. The number of nitrogens with one attached hydrogen (secondary N) is 3. The highest BCUT2D eigenvalue weighted by Gasteiger charge is 2.29. The molecule has 0 rings (SSSR count). The number of carboxylic acids is 2. The van der Waals surface area contributed by atoms with Crippen LogP contribution in [0.25, 0.3) is 0 Å². The van der Waals surface area contributed by atoms with E-state index in [2.05, 4.69) is 16.0 Å². The fraction of sp³-hybridized carbons (Fsp3) is 0.643. The second kappa shape index (κ2) is 12.1. The Balaban J connectivity index is 5.15. The number of carboxylic acid groups (broad SMARTS) is 2. The van der Waals surface area contributed by atoms with Gasteiger partial charge in [0.2, 0.25) is 17.7 Å². The average Bonchev–Trinajstić information content (AvgIpc) is 2.56. The molecule has 0 saturated carbocycles. The Bertz CT molecular complexity index is 543. The molecule has 3 unspecified atom stereocenters. The Labute approximate surface area is 154 Å². The van der Waals surface area contributed by atoms with Gasteiger partial charge in [-0.05, 0) is 25.4 Å². The van der Waals surface area contributed by atoms with E-state index in [1.54, 1.807) is 6.26 Å². The monoisotopic (exact) mass is 392 g/mol. The molecule has 148 valence electrons. The minimum absolute atomic E-state index is 0.242. The summed E-state index contributed by atoms with van der Waals surface area (Å²) in [4.78, 5) is 57.6. The van der Waals surface area contributed by atoms with Crippen molar-refractivity contribution in [2.24, 2.45) is 5.73 Å². The van der Waals surface area contributed by atoms with Crippen LogP contribution in [-0.2, 0) is 24.0 Å². The summed E-state index contributed by atoms with van der Waals surface area (Å²) in [5, 5.41) is 24.5. The second-order valence-electron chi connectivity index (χ2n) is 5.33. The van der Waals surface area contributed by atoms with Crippen LogP contribution in [0.2, 0.25) is 0 Å². The van der Waals surface area contributed by atoms with Crippen LogP contribution in [0.4, 0.5) is 0 Å². The lowest BCUT2D eigenvalue weighted by Gasteiger charge is -2.22. The van der Waals surface area contributed by atoms with Crippen molar-refractivity contribution in [3.8, 4) is 0 Å². The van der Waals surface area contributed by atoms with Crippen LogP contribution >= 0.6 is 11.8 Å². The van der Waals surface area contributed by atoms with Gasteiger partial charge in [-0.15, -0.1) is 0 Å². The fourth-order valence-electron chi connectivity index (χ4n) is 1.79. The zero-order valence-corrected chi connectivity index (χ0v) is 15.3. The summed E-state index contributed by atoms with van der Waals surface area (Å²) >= 11 is 1.43. The summed E-state index contributed by atoms with van der Waals surface area (Å²) in [6, 6.07) is -3.76. The summed E-state index contributed by atoms with van der Waals surface area (Å²) in [5.41, 5.74) is 5.20. The molecule has 26 heavy (non-hydrogen) atoms. The first-order chi connectivity index (χ1) is 12.1. The number of hydrogen-bond acceptors (Lipinski definition) is 7. The summed E-state index contributed by atoms with van der Waals surface area (Å²) < 4.78 is 0. The molecule has 7 N–H and O–H groups in total. The van der Waals surface area contributed by atoms with Gasteiger partial charge in [0.05, 0.1) is 13.0 Å². The number of aliphatic carboxylic acids is 2. The molecule has 0 aliphatic heterocycles. The second-order valence-corrected chi connectivity index (χ2v) is 6.32. The molecule has 0 spiro atoms. The maximum absolute atomic E-state index is 12.4. The van der Waals surface area contributed by atoms with Gasteiger partial charge in [-0.2, -0.15) is 11.8 Å². The first kappa shape index (κ1) is 23.7. The Hall–Kier alpha value is -2.34. The molecule has 0 aromatic heterocycles. The molecule has 3 atom stereocenters. The smallest absolute Gasteiger partial charge is 0.325 e. The third-order valence-corrected chi connectivity index (χ3v) is 3.83. The number of carbonyl (C=O) groups excluding carboxylic acids is 3. The van der Waals surface area contributed by atoms with Crippen LogP contribution in [-0.4, -0.2) is 76.6 Å². The molecular formula is C14H24N4O7S. The van der Waals surface area contributed by atoms with Crippen LogP contribution in [0.1, 0.15) is 19.8 Å². The van der Waals surface area contributed by atoms with Gasteiger partial charge in [0.1, 0.15) is 18.1 Å². The minimum atomic E-state index is -1.49. The van der Waals surface area contributed by atoms with Crippen molar-refractivity contribution in [2.75, 3.05) is 18.6 Å². The van der Waals surface area contributed by atoms with E-state index in [4.69, 9.17) is 15.9 Å². The lowest BCUT2D eigenvalue weighted by atomic mass is 10.1. The molecule has 12 heteroatoms. The van der Waals surface area contributed by atoms with Gasteiger partial charge < -0.3 is 31.9 Å². The molecule has 0 aromatic rings. The highest BCUT2D eigenvalue weighted by molar-refractivity contribution is 7.98. The third kappa shape index (κ3) is 9.22. The molecule has 0 aliphatic rings. The topological polar surface area (TPSA) is 188 Å². The molecule has 11 nitrogen and oxygen atoms in total. The van der Waals surface area contributed by atoms with Crippen molar-refractivity contribution in [1.82, 2.24) is 16.0 Å². The molecule has 0 aliphatic carbocycles. The van der Waals surface area contributed by atoms with Crippen LogP contribution in [0, 0.1) is 0 Å². The summed E-state index contributed by atoms with van der Waals surface area (Å²) in [6.45, 7) is 0.862. The van der Waals surface area contributed by atoms with Gasteiger partial charge in [0.25, 0.3) is 0 Å². The van der Waals surface area contributed by atoms with E-state index in [1.165, 1.54) is 18.7 Å². The minimum Gasteiger partial charge on any atom is -0.481 e. The van der Waals surface area contributed by atoms with Gasteiger partial charge in [-0.1, -0.05) is 0 Å². The number of hydrogen-bond donors (Lipinski definition) is 6. The van der Waals surface area contributed by atoms with E-state index >= 15 is 0 Å². The molecule has 0 aromatic carbocycles. The molecule has 0 fully saturated rings. The van der Waals surface area contributed by atoms with Gasteiger partial charge in [0.15, 0.2) is 0 Å². The van der Waals surface area contributed by atoms with Crippen molar-refractivity contribution in [2.45, 2.75) is 37.9 Å². The molecule has 3 amide bonds. The number of carbonyl (C=O) groups is 5. The first-order valence-corrected chi connectivity index (χ1v) is 9.05. The average molecular weight is 392 g/mol. The van der Waals surface area contributed by atoms with E-state index in [0.717, 1.165) is 0 Å². The van der Waals surface area contributed by atoms with Gasteiger partial charge in [0, 0.05) is 0 Å². The van der Waals surface area contributed by atoms with Crippen LogP contribution < -0.4 is 21.7 Å². The SMILES string of the molecule is CSCCC(NC(=O)CN)C(=O)NC(CC(=O)O)C(=O)NC(C)C(=O)O. The zero-order valence-electron chi connectivity index (χ0n) is 14.5. The van der Waals surface area contributed by atoms with E-state index in [1.807, 2.05) is 0 Å². The van der Waals surface area contributed by atoms with Crippen LogP contribution in [0.15, 0.2) is 0 Å². The summed E-state index contributed by atoms with van der Waals surface area (Å²) in [6.07, 6.45) is 1.30. The predicted molar refractivity (Wildman–Crippen MR) is 93.4 cm³/mol. The van der Waals surface area contributed by atoms with Gasteiger partial charge >= 0.3 is 11.9 Å². The number of thioether (sulfide) groups is 1. The normalized spacial score (nSPS) is 13.8. The molecule has 0 bridgehead atoms. The van der Waals surface area contributed by atoms with Crippen LogP contribution in [0.5, 0.6) is 0 Å². The van der Waals surface area contributed by atoms with Gasteiger partial charge in [-0.25, -0.2) is 0 Å². The largest absolute Gasteiger partial charge is 0.481 e. The van der Waals surface area contributed by atoms with Crippen molar-refractivity contribution in [3.05, 3.63) is 0 Å². The van der Waals surface area contributed by atoms with E-state index in [9.17, 15) is 24.0 Å². The van der Waals surface area contributed by atoms with E-state index < -0.39 is 54.2 Å². The Kier molecular flexibility index (Phi) is 11.0. The Morgan fingerprint density at radius 2 is 1.58 bits per heavy atom. The highest BCUT2D eigenvalue weighted by Crippen LogP contribution is 2.03. The Morgan fingerprint density at radius 1 is 1.00 bits per heavy atom. The molecule has 0 saturated heterocycles. The van der Waals surface area contributed by atoms with Crippen molar-refractivity contribution < 1.29 is 34.2 Å². The van der Waals surface area contributed by atoms with Crippen molar-refractivity contribution in [1.29, 1.82) is 0 Å². The third-order valence-electron chi connectivity index (χ3n) is 3.19. The fourth-order valence-corrected chi connectivity index (χ4v) is 2.26. The zero-order chi connectivity index (χ0) is 20.3. The summed E-state index contributed by atoms with van der Waals surface area (Å²) in [7, 11) is 0. The van der Waals surface area contributed by atoms with Crippen molar-refractivity contribution in [3.63, 3.8) is 0 Å². The van der Waals surface area contributed by atoms with Gasteiger partial charge in [-0.3, -0.25) is 24.0 Å². The standard InChI is InChI=1S/C14H24N4O7S/c1-7(14(24)25)16-13(23)9(5-11(20)21)18-12(22)8(3-4-26-2)17-10(19)6-15/h7-9H,3-6,15H2,1-2H3,(H,16,23)(H,17,19)(H,18,22)(H,20,21)(H,24,25). The maximum atomic E-state index is 12.4. The predicted octanol–water partition coefficient (Wildman–Crippen LogP) is -2.27. The van der Waals surface area contributed by atoms with Crippen molar-refractivity contribution >= 4 is 41.4 Å². The number of nitrogens with two attached hydrogens (primary N) is 1. The maximum Gasteiger partial charge on any atom is 0.325 e. The molecule has 0 heterocycles. The highest BCUT2D eigenvalue weighted by atomic mass is 32.2. The molecule has 0 radical (unpaired) electrons. The lowest BCUT2D eigenvalue weighted by Crippen LogP contribution is -2.56. The number of rotatable bonds is 12. The summed E-state index contributed by atoms with van der Waals surface area (Å²) in [5.74, 6) is -4.44. The quantitative estimate of drug-likeness (QED) is 0.213. The van der Waals surface area contributed by atoms with Crippen LogP contribution in [0.3, 0.4) is 0 Å². The first-order valence-electron chi connectivity index (χ1n) is 7.66. The van der Waals surface area contributed by atoms with E-state index in [0.29, 0.717) is 5.75 Å². The van der Waals surface area contributed by atoms with E-state index in [-0.39, 0.29) is 13.0 Å². The molecular weight excluding hydrogens is 368 g/mol.